The van der Waals surface area contributed by atoms with Crippen molar-refractivity contribution in [1.82, 2.24) is 9.97 Å². The summed E-state index contributed by atoms with van der Waals surface area (Å²) >= 11 is 6.65. The molecule has 0 aliphatic heterocycles. The number of aromatic nitrogens is 2. The predicted molar refractivity (Wildman–Crippen MR) is 84.8 cm³/mol. The van der Waals surface area contributed by atoms with E-state index in [1.807, 2.05) is 6.92 Å². The summed E-state index contributed by atoms with van der Waals surface area (Å²) in [4.78, 5) is 18.4. The van der Waals surface area contributed by atoms with Crippen LogP contribution >= 0.6 is 31.9 Å². The molecule has 0 radical (unpaired) electrons. The lowest BCUT2D eigenvalue weighted by molar-refractivity contribution is -0.385. The van der Waals surface area contributed by atoms with E-state index < -0.39 is 4.92 Å². The summed E-state index contributed by atoms with van der Waals surface area (Å²) in [6.07, 6.45) is 1.22. The van der Waals surface area contributed by atoms with Crippen LogP contribution in [0.2, 0.25) is 0 Å². The van der Waals surface area contributed by atoms with Crippen molar-refractivity contribution < 1.29 is 9.66 Å². The summed E-state index contributed by atoms with van der Waals surface area (Å²) in [5.41, 5.74) is -0.297. The minimum absolute atomic E-state index is 0.117. The second-order valence-electron chi connectivity index (χ2n) is 3.84. The van der Waals surface area contributed by atoms with Gasteiger partial charge in [-0.15, -0.1) is 0 Å². The quantitative estimate of drug-likeness (QED) is 0.580. The number of ether oxygens (including phenoxy) is 1. The molecule has 0 amide bonds. The molecular formula is C12H10Br2N4O3. The van der Waals surface area contributed by atoms with Gasteiger partial charge in [0.1, 0.15) is 12.1 Å². The Bertz CT molecular complexity index is 682. The first-order valence-electron chi connectivity index (χ1n) is 5.89. The van der Waals surface area contributed by atoms with Gasteiger partial charge in [-0.2, -0.15) is 4.98 Å². The third-order valence-corrected chi connectivity index (χ3v) is 3.53. The molecule has 1 N–H and O–H groups in total. The highest BCUT2D eigenvalue weighted by molar-refractivity contribution is 9.11. The van der Waals surface area contributed by atoms with E-state index in [2.05, 4.69) is 47.1 Å². The van der Waals surface area contributed by atoms with Crippen molar-refractivity contribution in [2.24, 2.45) is 0 Å². The van der Waals surface area contributed by atoms with Gasteiger partial charge in [0, 0.05) is 11.0 Å². The number of rotatable bonds is 5. The number of hydrogen-bond donors (Lipinski definition) is 1. The summed E-state index contributed by atoms with van der Waals surface area (Å²) in [6, 6.07) is 5.21. The Morgan fingerprint density at radius 3 is 2.76 bits per heavy atom. The number of nitro groups is 1. The average Bonchev–Trinajstić information content (AvgIpc) is 2.42. The van der Waals surface area contributed by atoms with Crippen molar-refractivity contribution in [2.45, 2.75) is 6.92 Å². The van der Waals surface area contributed by atoms with Crippen LogP contribution in [0.25, 0.3) is 0 Å². The molecule has 0 aliphatic rings. The van der Waals surface area contributed by atoms with Crippen molar-refractivity contribution in [3.05, 3.63) is 43.6 Å². The Morgan fingerprint density at radius 1 is 1.38 bits per heavy atom. The number of hydrogen-bond acceptors (Lipinski definition) is 6. The predicted octanol–water partition coefficient (Wildman–Crippen LogP) is 4.13. The lowest BCUT2D eigenvalue weighted by atomic mass is 10.3. The van der Waals surface area contributed by atoms with E-state index in [-0.39, 0.29) is 17.4 Å². The molecule has 1 aromatic carbocycles. The zero-order chi connectivity index (χ0) is 15.4. The van der Waals surface area contributed by atoms with Gasteiger partial charge in [-0.05, 0) is 41.1 Å². The van der Waals surface area contributed by atoms with Crippen LogP contribution in [0, 0.1) is 10.1 Å². The topological polar surface area (TPSA) is 90.2 Å². The molecule has 2 rings (SSSR count). The van der Waals surface area contributed by atoms with Gasteiger partial charge in [0.05, 0.1) is 9.40 Å². The molecule has 2 aromatic rings. The van der Waals surface area contributed by atoms with Crippen LogP contribution in [-0.2, 0) is 0 Å². The van der Waals surface area contributed by atoms with Crippen molar-refractivity contribution in [2.75, 3.05) is 11.9 Å². The van der Waals surface area contributed by atoms with Crippen LogP contribution in [0.1, 0.15) is 6.92 Å². The molecular weight excluding hydrogens is 408 g/mol. The first-order valence-corrected chi connectivity index (χ1v) is 7.47. The number of anilines is 1. The van der Waals surface area contributed by atoms with Crippen LogP contribution in [0.15, 0.2) is 33.5 Å². The van der Waals surface area contributed by atoms with Crippen molar-refractivity contribution >= 4 is 43.4 Å². The average molecular weight is 418 g/mol. The molecule has 1 heterocycles. The zero-order valence-electron chi connectivity index (χ0n) is 10.8. The Labute approximate surface area is 137 Å². The Kier molecular flexibility index (Phi) is 5.07. The first-order chi connectivity index (χ1) is 10.0. The Balaban J connectivity index is 2.43. The molecule has 7 nitrogen and oxygen atoms in total. The smallest absolute Gasteiger partial charge is 0.373 e. The normalized spacial score (nSPS) is 10.2. The fourth-order valence-corrected chi connectivity index (χ4v) is 2.69. The number of nitrogens with one attached hydrogen (secondary N) is 1. The highest BCUT2D eigenvalue weighted by atomic mass is 79.9. The summed E-state index contributed by atoms with van der Waals surface area (Å²) < 4.78 is 7.04. The molecule has 0 atom stereocenters. The van der Waals surface area contributed by atoms with E-state index in [1.165, 1.54) is 6.33 Å². The number of nitrogens with zero attached hydrogens (tertiary/aromatic N) is 3. The fourth-order valence-electron chi connectivity index (χ4n) is 1.56. The van der Waals surface area contributed by atoms with Crippen LogP contribution in [0.5, 0.6) is 11.6 Å². The molecule has 110 valence electrons. The second kappa shape index (κ2) is 6.81. The van der Waals surface area contributed by atoms with Gasteiger partial charge in [0.15, 0.2) is 0 Å². The van der Waals surface area contributed by atoms with Gasteiger partial charge in [0.25, 0.3) is 0 Å². The van der Waals surface area contributed by atoms with E-state index in [0.29, 0.717) is 16.8 Å². The van der Waals surface area contributed by atoms with Gasteiger partial charge in [-0.25, -0.2) is 4.98 Å². The molecule has 0 saturated carbocycles. The van der Waals surface area contributed by atoms with Crippen LogP contribution < -0.4 is 10.1 Å². The monoisotopic (exact) mass is 416 g/mol. The van der Waals surface area contributed by atoms with E-state index in [0.717, 1.165) is 4.47 Å². The van der Waals surface area contributed by atoms with E-state index in [1.54, 1.807) is 18.2 Å². The molecule has 0 unspecified atom stereocenters. The fraction of sp³-hybridized carbons (Fsp3) is 0.167. The van der Waals surface area contributed by atoms with Crippen LogP contribution in [0.3, 0.4) is 0 Å². The SMILES string of the molecule is CCNc1ncnc(Oc2ccc(Br)cc2Br)c1[N+](=O)[O-]. The third kappa shape index (κ3) is 3.67. The summed E-state index contributed by atoms with van der Waals surface area (Å²) in [5.74, 6) is 0.428. The van der Waals surface area contributed by atoms with Gasteiger partial charge < -0.3 is 10.1 Å². The van der Waals surface area contributed by atoms with Crippen molar-refractivity contribution in [1.29, 1.82) is 0 Å². The molecule has 0 fully saturated rings. The Hall–Kier alpha value is -1.74. The van der Waals surface area contributed by atoms with E-state index >= 15 is 0 Å². The van der Waals surface area contributed by atoms with Crippen molar-refractivity contribution in [3.63, 3.8) is 0 Å². The molecule has 1 aromatic heterocycles. The van der Waals surface area contributed by atoms with Crippen LogP contribution in [0.4, 0.5) is 11.5 Å². The molecule has 9 heteroatoms. The second-order valence-corrected chi connectivity index (χ2v) is 5.61. The summed E-state index contributed by atoms with van der Waals surface area (Å²) in [5, 5.41) is 14.0. The van der Waals surface area contributed by atoms with Crippen molar-refractivity contribution in [3.8, 4) is 11.6 Å². The highest BCUT2D eigenvalue weighted by Gasteiger charge is 2.25. The maximum atomic E-state index is 11.2. The Morgan fingerprint density at radius 2 is 2.14 bits per heavy atom. The number of halogens is 2. The van der Waals surface area contributed by atoms with Gasteiger partial charge in [-0.3, -0.25) is 10.1 Å². The minimum Gasteiger partial charge on any atom is -0.432 e. The minimum atomic E-state index is -0.569. The van der Waals surface area contributed by atoms with E-state index in [4.69, 9.17) is 4.74 Å². The maximum Gasteiger partial charge on any atom is 0.373 e. The van der Waals surface area contributed by atoms with Gasteiger partial charge >= 0.3 is 11.6 Å². The van der Waals surface area contributed by atoms with E-state index in [9.17, 15) is 10.1 Å². The molecule has 21 heavy (non-hydrogen) atoms. The summed E-state index contributed by atoms with van der Waals surface area (Å²) in [7, 11) is 0. The number of benzene rings is 1. The lowest BCUT2D eigenvalue weighted by Crippen LogP contribution is -2.06. The molecule has 0 bridgehead atoms. The molecule has 0 aliphatic carbocycles. The highest BCUT2D eigenvalue weighted by Crippen LogP contribution is 2.37. The van der Waals surface area contributed by atoms with Gasteiger partial charge in [-0.1, -0.05) is 15.9 Å². The standard InChI is InChI=1S/C12H10Br2N4O3/c1-2-15-11-10(18(19)20)12(17-6-16-11)21-9-4-3-7(13)5-8(9)14/h3-6H,2H2,1H3,(H,15,16,17). The summed E-state index contributed by atoms with van der Waals surface area (Å²) in [6.45, 7) is 2.32. The van der Waals surface area contributed by atoms with Gasteiger partial charge in [0.2, 0.25) is 5.82 Å². The first kappa shape index (κ1) is 15.6. The third-order valence-electron chi connectivity index (χ3n) is 2.42. The largest absolute Gasteiger partial charge is 0.432 e. The lowest BCUT2D eigenvalue weighted by Gasteiger charge is -2.09. The maximum absolute atomic E-state index is 11.2. The molecule has 0 saturated heterocycles. The molecule has 0 spiro atoms. The van der Waals surface area contributed by atoms with Crippen LogP contribution in [-0.4, -0.2) is 21.4 Å². The zero-order valence-corrected chi connectivity index (χ0v) is 14.0.